The summed E-state index contributed by atoms with van der Waals surface area (Å²) in [6, 6.07) is 4.37. The molecule has 1 aromatic carbocycles. The van der Waals surface area contributed by atoms with Gasteiger partial charge in [0.15, 0.2) is 0 Å². The van der Waals surface area contributed by atoms with Crippen LogP contribution in [0.3, 0.4) is 0 Å². The van der Waals surface area contributed by atoms with Crippen LogP contribution in [0.5, 0.6) is 5.75 Å². The van der Waals surface area contributed by atoms with Crippen molar-refractivity contribution in [1.82, 2.24) is 0 Å². The summed E-state index contributed by atoms with van der Waals surface area (Å²) in [5.74, 6) is 1.59. The second kappa shape index (κ2) is 4.10. The third-order valence-corrected chi connectivity index (χ3v) is 4.55. The van der Waals surface area contributed by atoms with E-state index in [4.69, 9.17) is 4.74 Å². The second-order valence-electron chi connectivity index (χ2n) is 4.59. The van der Waals surface area contributed by atoms with Gasteiger partial charge in [-0.1, -0.05) is 19.9 Å². The van der Waals surface area contributed by atoms with Crippen LogP contribution in [-0.4, -0.2) is 7.11 Å². The predicted octanol–water partition coefficient (Wildman–Crippen LogP) is 4.65. The van der Waals surface area contributed by atoms with Crippen molar-refractivity contribution in [3.63, 3.8) is 0 Å². The SMILES string of the molecule is COc1cc(C)cc2c(C)c(C(C)C)sc12. The van der Waals surface area contributed by atoms with E-state index in [0.717, 1.165) is 5.75 Å². The number of rotatable bonds is 2. The Balaban J connectivity index is 2.80. The maximum absolute atomic E-state index is 5.47. The Bertz CT molecular complexity index is 523. The van der Waals surface area contributed by atoms with Gasteiger partial charge in [-0.2, -0.15) is 0 Å². The third kappa shape index (κ3) is 1.71. The van der Waals surface area contributed by atoms with Crippen molar-refractivity contribution in [2.75, 3.05) is 7.11 Å². The van der Waals surface area contributed by atoms with E-state index in [-0.39, 0.29) is 0 Å². The number of methoxy groups -OCH3 is 1. The summed E-state index contributed by atoms with van der Waals surface area (Å²) >= 11 is 1.87. The van der Waals surface area contributed by atoms with Gasteiger partial charge in [0.1, 0.15) is 5.75 Å². The van der Waals surface area contributed by atoms with Crippen molar-refractivity contribution in [3.8, 4) is 5.75 Å². The lowest BCUT2D eigenvalue weighted by Crippen LogP contribution is -1.85. The van der Waals surface area contributed by atoms with E-state index in [1.807, 2.05) is 11.3 Å². The molecule has 0 saturated heterocycles. The lowest BCUT2D eigenvalue weighted by atomic mass is 10.0. The van der Waals surface area contributed by atoms with Crippen molar-refractivity contribution in [1.29, 1.82) is 0 Å². The predicted molar refractivity (Wildman–Crippen MR) is 71.9 cm³/mol. The van der Waals surface area contributed by atoms with Gasteiger partial charge in [-0.3, -0.25) is 0 Å². The highest BCUT2D eigenvalue weighted by molar-refractivity contribution is 7.19. The molecule has 2 aromatic rings. The summed E-state index contributed by atoms with van der Waals surface area (Å²) in [5.41, 5.74) is 2.68. The van der Waals surface area contributed by atoms with Crippen LogP contribution in [-0.2, 0) is 0 Å². The first-order chi connectivity index (χ1) is 7.54. The van der Waals surface area contributed by atoms with E-state index in [0.29, 0.717) is 5.92 Å². The Labute approximate surface area is 101 Å². The number of benzene rings is 1. The molecule has 0 N–H and O–H groups in total. The van der Waals surface area contributed by atoms with E-state index in [1.54, 1.807) is 7.11 Å². The van der Waals surface area contributed by atoms with E-state index in [1.165, 1.54) is 26.1 Å². The zero-order valence-corrected chi connectivity index (χ0v) is 11.4. The summed E-state index contributed by atoms with van der Waals surface area (Å²) in [6.45, 7) is 8.83. The fourth-order valence-corrected chi connectivity index (χ4v) is 3.43. The molecule has 2 rings (SSSR count). The molecule has 16 heavy (non-hydrogen) atoms. The number of aryl methyl sites for hydroxylation is 2. The fraction of sp³-hybridized carbons (Fsp3) is 0.429. The molecule has 0 aliphatic rings. The summed E-state index contributed by atoms with van der Waals surface area (Å²) in [5, 5.41) is 1.35. The molecular formula is C14H18OS. The molecule has 0 atom stereocenters. The van der Waals surface area contributed by atoms with E-state index < -0.39 is 0 Å². The maximum Gasteiger partial charge on any atom is 0.136 e. The first kappa shape index (κ1) is 11.5. The minimum absolute atomic E-state index is 0.586. The normalized spacial score (nSPS) is 11.4. The van der Waals surface area contributed by atoms with Crippen LogP contribution < -0.4 is 4.74 Å². The Morgan fingerprint density at radius 3 is 2.44 bits per heavy atom. The second-order valence-corrected chi connectivity index (χ2v) is 5.64. The standard InChI is InChI=1S/C14H18OS/c1-8(2)13-10(4)11-6-9(3)7-12(15-5)14(11)16-13/h6-8H,1-5H3. The number of hydrogen-bond donors (Lipinski definition) is 0. The summed E-state index contributed by atoms with van der Waals surface area (Å²) in [7, 11) is 1.75. The van der Waals surface area contributed by atoms with Crippen molar-refractivity contribution < 1.29 is 4.74 Å². The number of hydrogen-bond acceptors (Lipinski definition) is 2. The lowest BCUT2D eigenvalue weighted by Gasteiger charge is -2.03. The molecule has 0 saturated carbocycles. The third-order valence-electron chi connectivity index (χ3n) is 2.93. The molecule has 0 radical (unpaired) electrons. The molecular weight excluding hydrogens is 216 g/mol. The van der Waals surface area contributed by atoms with Gasteiger partial charge in [0, 0.05) is 4.88 Å². The highest BCUT2D eigenvalue weighted by Gasteiger charge is 2.14. The fourth-order valence-electron chi connectivity index (χ4n) is 2.15. The van der Waals surface area contributed by atoms with Crippen molar-refractivity contribution in [3.05, 3.63) is 28.1 Å². The molecule has 0 aliphatic carbocycles. The summed E-state index contributed by atoms with van der Waals surface area (Å²) in [6.07, 6.45) is 0. The Hall–Kier alpha value is -1.02. The Morgan fingerprint density at radius 1 is 1.19 bits per heavy atom. The van der Waals surface area contributed by atoms with E-state index in [2.05, 4.69) is 39.8 Å². The molecule has 2 heteroatoms. The first-order valence-corrected chi connectivity index (χ1v) is 6.44. The van der Waals surface area contributed by atoms with Crippen LogP contribution in [0, 0.1) is 13.8 Å². The Morgan fingerprint density at radius 2 is 1.88 bits per heavy atom. The van der Waals surface area contributed by atoms with Gasteiger partial charge in [0.25, 0.3) is 0 Å². The van der Waals surface area contributed by atoms with Crippen molar-refractivity contribution in [2.45, 2.75) is 33.6 Å². The van der Waals surface area contributed by atoms with Crippen LogP contribution in [0.4, 0.5) is 0 Å². The summed E-state index contributed by atoms with van der Waals surface area (Å²) < 4.78 is 6.75. The van der Waals surface area contributed by atoms with Gasteiger partial charge >= 0.3 is 0 Å². The Kier molecular flexibility index (Phi) is 2.94. The van der Waals surface area contributed by atoms with Crippen molar-refractivity contribution in [2.24, 2.45) is 0 Å². The highest BCUT2D eigenvalue weighted by Crippen LogP contribution is 2.40. The molecule has 0 bridgehead atoms. The van der Waals surface area contributed by atoms with Crippen LogP contribution in [0.2, 0.25) is 0 Å². The molecule has 0 unspecified atom stereocenters. The number of ether oxygens (including phenoxy) is 1. The average molecular weight is 234 g/mol. The molecule has 1 heterocycles. The topological polar surface area (TPSA) is 9.23 Å². The zero-order chi connectivity index (χ0) is 11.9. The molecule has 1 nitrogen and oxygen atoms in total. The molecule has 1 aromatic heterocycles. The lowest BCUT2D eigenvalue weighted by molar-refractivity contribution is 0.420. The van der Waals surface area contributed by atoms with Crippen LogP contribution in [0.25, 0.3) is 10.1 Å². The minimum Gasteiger partial charge on any atom is -0.495 e. The van der Waals surface area contributed by atoms with Gasteiger partial charge in [-0.25, -0.2) is 0 Å². The zero-order valence-electron chi connectivity index (χ0n) is 10.5. The number of thiophene rings is 1. The minimum atomic E-state index is 0.586. The summed E-state index contributed by atoms with van der Waals surface area (Å²) in [4.78, 5) is 1.47. The molecule has 0 amide bonds. The molecule has 86 valence electrons. The first-order valence-electron chi connectivity index (χ1n) is 5.62. The van der Waals surface area contributed by atoms with Gasteiger partial charge in [-0.15, -0.1) is 11.3 Å². The monoisotopic (exact) mass is 234 g/mol. The van der Waals surface area contributed by atoms with Gasteiger partial charge < -0.3 is 4.74 Å². The number of fused-ring (bicyclic) bond motifs is 1. The average Bonchev–Trinajstić information content (AvgIpc) is 2.55. The van der Waals surface area contributed by atoms with E-state index >= 15 is 0 Å². The quantitative estimate of drug-likeness (QED) is 0.735. The van der Waals surface area contributed by atoms with E-state index in [9.17, 15) is 0 Å². The van der Waals surface area contributed by atoms with Crippen LogP contribution >= 0.6 is 11.3 Å². The molecule has 0 fully saturated rings. The van der Waals surface area contributed by atoms with Gasteiger partial charge in [0.2, 0.25) is 0 Å². The van der Waals surface area contributed by atoms with Gasteiger partial charge in [-0.05, 0) is 42.3 Å². The van der Waals surface area contributed by atoms with Crippen LogP contribution in [0.15, 0.2) is 12.1 Å². The largest absolute Gasteiger partial charge is 0.495 e. The van der Waals surface area contributed by atoms with Crippen LogP contribution in [0.1, 0.15) is 35.8 Å². The smallest absolute Gasteiger partial charge is 0.136 e. The van der Waals surface area contributed by atoms with Gasteiger partial charge in [0.05, 0.1) is 11.8 Å². The molecule has 0 aliphatic heterocycles. The molecule has 0 spiro atoms. The highest BCUT2D eigenvalue weighted by atomic mass is 32.1. The van der Waals surface area contributed by atoms with Crippen molar-refractivity contribution >= 4 is 21.4 Å². The maximum atomic E-state index is 5.47.